The van der Waals surface area contributed by atoms with E-state index in [1.807, 2.05) is 0 Å². The molecule has 4 heteroatoms. The summed E-state index contributed by atoms with van der Waals surface area (Å²) in [5, 5.41) is 18.2. The van der Waals surface area contributed by atoms with Crippen LogP contribution in [0.2, 0.25) is 0 Å². The fourth-order valence-electron chi connectivity index (χ4n) is 2.69. The summed E-state index contributed by atoms with van der Waals surface area (Å²) in [6.07, 6.45) is 4.99. The third-order valence-corrected chi connectivity index (χ3v) is 3.47. The average molecular weight is 201 g/mol. The largest absolute Gasteiger partial charge is 0.392 e. The van der Waals surface area contributed by atoms with Gasteiger partial charge in [-0.1, -0.05) is 12.8 Å². The number of hydrogen-bond donors (Lipinski definition) is 2. The maximum absolute atomic E-state index is 9.44. The van der Waals surface area contributed by atoms with Gasteiger partial charge in [0, 0.05) is 19.1 Å². The molecule has 1 heterocycles. The zero-order valence-corrected chi connectivity index (χ0v) is 8.43. The van der Waals surface area contributed by atoms with Crippen LogP contribution in [0, 0.1) is 0 Å². The van der Waals surface area contributed by atoms with E-state index in [1.54, 1.807) is 0 Å². The second-order valence-electron chi connectivity index (χ2n) is 4.43. The number of nitrogens with zero attached hydrogens (tertiary/aromatic N) is 1. The molecular formula is C10H19NO3. The number of rotatable bonds is 2. The van der Waals surface area contributed by atoms with E-state index < -0.39 is 0 Å². The Bertz CT molecular complexity index is 188. The Kier molecular flexibility index (Phi) is 3.38. The maximum atomic E-state index is 9.44. The van der Waals surface area contributed by atoms with Gasteiger partial charge in [-0.2, -0.15) is 0 Å². The number of aliphatic hydroxyl groups is 1. The van der Waals surface area contributed by atoms with E-state index in [2.05, 4.69) is 9.79 Å². The quantitative estimate of drug-likeness (QED) is 0.514. The Morgan fingerprint density at radius 1 is 1.14 bits per heavy atom. The van der Waals surface area contributed by atoms with Crippen LogP contribution in [0.25, 0.3) is 0 Å². The Morgan fingerprint density at radius 2 is 1.93 bits per heavy atom. The van der Waals surface area contributed by atoms with Crippen LogP contribution in [0.1, 0.15) is 32.1 Å². The van der Waals surface area contributed by atoms with Gasteiger partial charge >= 0.3 is 0 Å². The van der Waals surface area contributed by atoms with Crippen LogP contribution >= 0.6 is 0 Å². The molecule has 0 bridgehead atoms. The van der Waals surface area contributed by atoms with Gasteiger partial charge < -0.3 is 5.11 Å². The molecule has 4 nitrogen and oxygen atoms in total. The first-order chi connectivity index (χ1) is 6.81. The molecule has 1 aliphatic heterocycles. The molecule has 2 N–H and O–H groups in total. The van der Waals surface area contributed by atoms with Crippen molar-refractivity contribution in [1.29, 1.82) is 0 Å². The van der Waals surface area contributed by atoms with Crippen LogP contribution < -0.4 is 0 Å². The summed E-state index contributed by atoms with van der Waals surface area (Å²) in [5.41, 5.74) is 0. The van der Waals surface area contributed by atoms with Crippen molar-refractivity contribution in [2.24, 2.45) is 0 Å². The van der Waals surface area contributed by atoms with Crippen molar-refractivity contribution in [3.05, 3.63) is 0 Å². The van der Waals surface area contributed by atoms with Gasteiger partial charge in [0.25, 0.3) is 0 Å². The maximum Gasteiger partial charge on any atom is 0.108 e. The van der Waals surface area contributed by atoms with Crippen molar-refractivity contribution < 1.29 is 15.3 Å². The highest BCUT2D eigenvalue weighted by molar-refractivity contribution is 4.88. The minimum absolute atomic E-state index is 0.0472. The van der Waals surface area contributed by atoms with Crippen LogP contribution in [-0.4, -0.2) is 46.6 Å². The van der Waals surface area contributed by atoms with Gasteiger partial charge in [-0.3, -0.25) is 10.2 Å². The topological polar surface area (TPSA) is 52.9 Å². The molecule has 14 heavy (non-hydrogen) atoms. The van der Waals surface area contributed by atoms with Gasteiger partial charge in [-0.25, -0.2) is 4.89 Å². The van der Waals surface area contributed by atoms with Gasteiger partial charge in [0.05, 0.1) is 6.10 Å². The monoisotopic (exact) mass is 201 g/mol. The molecule has 0 radical (unpaired) electrons. The molecule has 2 rings (SSSR count). The summed E-state index contributed by atoms with van der Waals surface area (Å²) < 4.78 is 0. The summed E-state index contributed by atoms with van der Waals surface area (Å²) in [7, 11) is 0. The van der Waals surface area contributed by atoms with Crippen molar-refractivity contribution in [3.63, 3.8) is 0 Å². The Morgan fingerprint density at radius 3 is 2.57 bits per heavy atom. The summed E-state index contributed by atoms with van der Waals surface area (Å²) in [6.45, 7) is 1.68. The lowest BCUT2D eigenvalue weighted by Gasteiger charge is -2.35. The van der Waals surface area contributed by atoms with Crippen LogP contribution in [-0.2, 0) is 4.89 Å². The summed E-state index contributed by atoms with van der Waals surface area (Å²) in [6, 6.07) is 0.311. The zero-order valence-electron chi connectivity index (χ0n) is 8.43. The van der Waals surface area contributed by atoms with Crippen LogP contribution in [0.4, 0.5) is 0 Å². The van der Waals surface area contributed by atoms with Crippen molar-refractivity contribution in [2.45, 2.75) is 50.4 Å². The summed E-state index contributed by atoms with van der Waals surface area (Å²) in [4.78, 5) is 6.78. The minimum atomic E-state index is -0.184. The Balaban J connectivity index is 1.93. The molecular weight excluding hydrogens is 182 g/mol. The standard InChI is InChI=1S/C10H19NO3/c12-8-5-6-11(7-8)9-3-1-2-4-10(9)14-13/h8-10,12-13H,1-7H2/t8-,9-,10-/m1/s1. The van der Waals surface area contributed by atoms with E-state index >= 15 is 0 Å². The van der Waals surface area contributed by atoms with Crippen LogP contribution in [0.3, 0.4) is 0 Å². The molecule has 0 amide bonds. The molecule has 1 saturated carbocycles. The Labute approximate surface area is 84.4 Å². The molecule has 0 aromatic carbocycles. The third-order valence-electron chi connectivity index (χ3n) is 3.47. The predicted octanol–water partition coefficient (Wildman–Crippen LogP) is 0.854. The molecule has 82 valence electrons. The van der Waals surface area contributed by atoms with Gasteiger partial charge in [0.2, 0.25) is 0 Å². The van der Waals surface area contributed by atoms with E-state index in [-0.39, 0.29) is 12.2 Å². The van der Waals surface area contributed by atoms with Gasteiger partial charge in [0.1, 0.15) is 6.10 Å². The number of likely N-dealkylation sites (tertiary alicyclic amines) is 1. The van der Waals surface area contributed by atoms with Gasteiger partial charge in [0.15, 0.2) is 0 Å². The second-order valence-corrected chi connectivity index (χ2v) is 4.43. The SMILES string of the molecule is OO[C@@H]1CCCC[C@H]1N1CC[C@@H](O)C1. The van der Waals surface area contributed by atoms with Gasteiger partial charge in [-0.15, -0.1) is 0 Å². The lowest BCUT2D eigenvalue weighted by Crippen LogP contribution is -2.45. The smallest absolute Gasteiger partial charge is 0.108 e. The van der Waals surface area contributed by atoms with Crippen LogP contribution in [0.5, 0.6) is 0 Å². The highest BCUT2D eigenvalue weighted by Crippen LogP contribution is 2.27. The molecule has 0 spiro atoms. The number of aliphatic hydroxyl groups excluding tert-OH is 1. The fourth-order valence-corrected chi connectivity index (χ4v) is 2.69. The third kappa shape index (κ3) is 2.08. The second kappa shape index (κ2) is 4.57. The predicted molar refractivity (Wildman–Crippen MR) is 52.0 cm³/mol. The first kappa shape index (κ1) is 10.4. The van der Waals surface area contributed by atoms with Crippen molar-refractivity contribution in [1.82, 2.24) is 4.90 Å². The zero-order chi connectivity index (χ0) is 9.97. The molecule has 1 saturated heterocycles. The molecule has 3 atom stereocenters. The van der Waals surface area contributed by atoms with E-state index in [0.717, 1.165) is 38.8 Å². The Hall–Kier alpha value is -0.160. The van der Waals surface area contributed by atoms with Crippen LogP contribution in [0.15, 0.2) is 0 Å². The van der Waals surface area contributed by atoms with E-state index in [1.165, 1.54) is 6.42 Å². The molecule has 0 aromatic heterocycles. The number of hydrogen-bond acceptors (Lipinski definition) is 4. The van der Waals surface area contributed by atoms with E-state index in [4.69, 9.17) is 5.26 Å². The molecule has 2 aliphatic rings. The highest BCUT2D eigenvalue weighted by atomic mass is 17.1. The fraction of sp³-hybridized carbons (Fsp3) is 1.00. The highest BCUT2D eigenvalue weighted by Gasteiger charge is 2.34. The lowest BCUT2D eigenvalue weighted by atomic mass is 9.91. The van der Waals surface area contributed by atoms with Crippen molar-refractivity contribution >= 4 is 0 Å². The lowest BCUT2D eigenvalue weighted by molar-refractivity contribution is -0.295. The number of β-amino-alcohol motifs (C(OH)–C–C–N with tert-alkyl or cyclic N) is 1. The van der Waals surface area contributed by atoms with Gasteiger partial charge in [-0.05, 0) is 19.3 Å². The molecule has 0 unspecified atom stereocenters. The summed E-state index contributed by atoms with van der Waals surface area (Å²) in [5.74, 6) is 0. The first-order valence-electron chi connectivity index (χ1n) is 5.53. The normalized spacial score (nSPS) is 40.3. The molecule has 0 aromatic rings. The van der Waals surface area contributed by atoms with Crippen molar-refractivity contribution in [3.8, 4) is 0 Å². The molecule has 1 aliphatic carbocycles. The first-order valence-corrected chi connectivity index (χ1v) is 5.53. The van der Waals surface area contributed by atoms with E-state index in [9.17, 15) is 5.11 Å². The van der Waals surface area contributed by atoms with Crippen molar-refractivity contribution in [2.75, 3.05) is 13.1 Å². The minimum Gasteiger partial charge on any atom is -0.392 e. The van der Waals surface area contributed by atoms with E-state index in [0.29, 0.717) is 6.04 Å². The average Bonchev–Trinajstić information content (AvgIpc) is 2.65. The molecule has 2 fully saturated rings. The summed E-state index contributed by atoms with van der Waals surface area (Å²) >= 11 is 0.